The SMILES string of the molecule is CSC1CCC(NC2CCOC3(CCSCC3)C2)CC1. The molecule has 2 saturated heterocycles. The van der Waals surface area contributed by atoms with Gasteiger partial charge in [0, 0.05) is 23.9 Å². The first kappa shape index (κ1) is 15.5. The van der Waals surface area contributed by atoms with Crippen LogP contribution in [-0.4, -0.2) is 47.3 Å². The molecule has 3 rings (SSSR count). The van der Waals surface area contributed by atoms with E-state index in [2.05, 4.69) is 35.1 Å². The third kappa shape index (κ3) is 3.88. The number of thioether (sulfide) groups is 2. The van der Waals surface area contributed by atoms with Crippen LogP contribution in [-0.2, 0) is 4.74 Å². The molecule has 0 bridgehead atoms. The van der Waals surface area contributed by atoms with Crippen LogP contribution in [0.5, 0.6) is 0 Å². The number of hydrogen-bond donors (Lipinski definition) is 1. The van der Waals surface area contributed by atoms with E-state index in [0.717, 1.165) is 17.9 Å². The van der Waals surface area contributed by atoms with Gasteiger partial charge in [-0.15, -0.1) is 0 Å². The predicted molar refractivity (Wildman–Crippen MR) is 91.0 cm³/mol. The van der Waals surface area contributed by atoms with Gasteiger partial charge >= 0.3 is 0 Å². The molecule has 0 radical (unpaired) electrons. The summed E-state index contributed by atoms with van der Waals surface area (Å²) in [6.45, 7) is 0.975. The zero-order chi connectivity index (χ0) is 13.8. The fourth-order valence-corrected chi connectivity index (χ4v) is 6.04. The first-order valence-corrected chi connectivity index (χ1v) is 10.7. The molecule has 0 aromatic rings. The molecule has 1 saturated carbocycles. The lowest BCUT2D eigenvalue weighted by molar-refractivity contribution is -0.0945. The Morgan fingerprint density at radius 1 is 1.05 bits per heavy atom. The van der Waals surface area contributed by atoms with Gasteiger partial charge in [0.15, 0.2) is 0 Å². The molecule has 2 heterocycles. The topological polar surface area (TPSA) is 21.3 Å². The van der Waals surface area contributed by atoms with Crippen LogP contribution in [0.3, 0.4) is 0 Å². The lowest BCUT2D eigenvalue weighted by Gasteiger charge is -2.44. The minimum Gasteiger partial charge on any atom is -0.375 e. The summed E-state index contributed by atoms with van der Waals surface area (Å²) < 4.78 is 6.20. The van der Waals surface area contributed by atoms with Crippen LogP contribution in [0.15, 0.2) is 0 Å². The molecule has 1 spiro atoms. The van der Waals surface area contributed by atoms with E-state index in [-0.39, 0.29) is 5.60 Å². The molecular formula is C16H29NOS2. The summed E-state index contributed by atoms with van der Waals surface area (Å²) in [5, 5.41) is 4.90. The molecule has 0 aromatic carbocycles. The van der Waals surface area contributed by atoms with Crippen molar-refractivity contribution in [1.29, 1.82) is 0 Å². The highest BCUT2D eigenvalue weighted by atomic mass is 32.2. The zero-order valence-corrected chi connectivity index (χ0v) is 14.4. The molecule has 0 amide bonds. The average molecular weight is 316 g/mol. The van der Waals surface area contributed by atoms with Crippen LogP contribution in [0.25, 0.3) is 0 Å². The van der Waals surface area contributed by atoms with Gasteiger partial charge in [0.25, 0.3) is 0 Å². The third-order valence-electron chi connectivity index (χ3n) is 5.38. The van der Waals surface area contributed by atoms with E-state index in [1.165, 1.54) is 62.9 Å². The summed E-state index contributed by atoms with van der Waals surface area (Å²) in [6.07, 6.45) is 12.9. The van der Waals surface area contributed by atoms with Crippen LogP contribution in [0, 0.1) is 0 Å². The van der Waals surface area contributed by atoms with Crippen molar-refractivity contribution in [2.24, 2.45) is 0 Å². The second kappa shape index (κ2) is 7.26. The van der Waals surface area contributed by atoms with Crippen molar-refractivity contribution < 1.29 is 4.74 Å². The van der Waals surface area contributed by atoms with Crippen molar-refractivity contribution in [2.75, 3.05) is 24.4 Å². The Labute approximate surface area is 132 Å². The Balaban J connectivity index is 1.48. The number of ether oxygens (including phenoxy) is 1. The summed E-state index contributed by atoms with van der Waals surface area (Å²) in [7, 11) is 0. The van der Waals surface area contributed by atoms with Gasteiger partial charge in [0.2, 0.25) is 0 Å². The molecule has 1 aliphatic carbocycles. The fraction of sp³-hybridized carbons (Fsp3) is 1.00. The Morgan fingerprint density at radius 3 is 2.50 bits per heavy atom. The van der Waals surface area contributed by atoms with Crippen LogP contribution >= 0.6 is 23.5 Å². The van der Waals surface area contributed by atoms with Gasteiger partial charge in [-0.1, -0.05) is 0 Å². The molecule has 3 fully saturated rings. The van der Waals surface area contributed by atoms with Crippen LogP contribution in [0.1, 0.15) is 51.4 Å². The third-order valence-corrected chi connectivity index (χ3v) is 7.50. The normalized spacial score (nSPS) is 38.0. The molecule has 2 nitrogen and oxygen atoms in total. The maximum absolute atomic E-state index is 6.20. The van der Waals surface area contributed by atoms with Gasteiger partial charge in [0.05, 0.1) is 5.60 Å². The van der Waals surface area contributed by atoms with E-state index < -0.39 is 0 Å². The van der Waals surface area contributed by atoms with Crippen molar-refractivity contribution in [3.8, 4) is 0 Å². The summed E-state index contributed by atoms with van der Waals surface area (Å²) in [4.78, 5) is 0. The van der Waals surface area contributed by atoms with Gasteiger partial charge in [-0.05, 0) is 69.1 Å². The fourth-order valence-electron chi connectivity index (χ4n) is 4.06. The number of hydrogen-bond acceptors (Lipinski definition) is 4. The van der Waals surface area contributed by atoms with Crippen LogP contribution in [0.4, 0.5) is 0 Å². The summed E-state index contributed by atoms with van der Waals surface area (Å²) in [5.41, 5.74) is 0.234. The summed E-state index contributed by atoms with van der Waals surface area (Å²) in [6, 6.07) is 1.49. The van der Waals surface area contributed by atoms with E-state index in [4.69, 9.17) is 4.74 Å². The second-order valence-electron chi connectivity index (χ2n) is 6.71. The molecule has 1 N–H and O–H groups in total. The zero-order valence-electron chi connectivity index (χ0n) is 12.7. The highest BCUT2D eigenvalue weighted by molar-refractivity contribution is 7.99. The largest absolute Gasteiger partial charge is 0.375 e. The smallest absolute Gasteiger partial charge is 0.0713 e. The monoisotopic (exact) mass is 315 g/mol. The predicted octanol–water partition coefficient (Wildman–Crippen LogP) is 3.70. The molecule has 20 heavy (non-hydrogen) atoms. The van der Waals surface area contributed by atoms with E-state index in [1.807, 2.05) is 0 Å². The van der Waals surface area contributed by atoms with Crippen molar-refractivity contribution in [2.45, 2.75) is 74.3 Å². The first-order chi connectivity index (χ1) is 9.80. The van der Waals surface area contributed by atoms with Crippen molar-refractivity contribution in [1.82, 2.24) is 5.32 Å². The van der Waals surface area contributed by atoms with Gasteiger partial charge in [0.1, 0.15) is 0 Å². The molecule has 116 valence electrons. The molecule has 1 atom stereocenters. The average Bonchev–Trinajstić information content (AvgIpc) is 2.49. The van der Waals surface area contributed by atoms with Gasteiger partial charge in [-0.2, -0.15) is 23.5 Å². The molecule has 1 unspecified atom stereocenters. The minimum atomic E-state index is 0.234. The maximum atomic E-state index is 6.20. The highest BCUT2D eigenvalue weighted by Crippen LogP contribution is 2.38. The lowest BCUT2D eigenvalue weighted by Crippen LogP contribution is -2.51. The molecule has 2 aliphatic heterocycles. The van der Waals surface area contributed by atoms with Crippen molar-refractivity contribution in [3.63, 3.8) is 0 Å². The van der Waals surface area contributed by atoms with Crippen LogP contribution < -0.4 is 5.32 Å². The minimum absolute atomic E-state index is 0.234. The quantitative estimate of drug-likeness (QED) is 0.857. The van der Waals surface area contributed by atoms with Crippen molar-refractivity contribution in [3.05, 3.63) is 0 Å². The molecular weight excluding hydrogens is 286 g/mol. The van der Waals surface area contributed by atoms with Crippen LogP contribution in [0.2, 0.25) is 0 Å². The van der Waals surface area contributed by atoms with E-state index >= 15 is 0 Å². The molecule has 4 heteroatoms. The second-order valence-corrected chi connectivity index (χ2v) is 9.07. The van der Waals surface area contributed by atoms with Gasteiger partial charge < -0.3 is 10.1 Å². The highest BCUT2D eigenvalue weighted by Gasteiger charge is 2.39. The maximum Gasteiger partial charge on any atom is 0.0713 e. The molecule has 0 aromatic heterocycles. The summed E-state index contributed by atoms with van der Waals surface area (Å²) >= 11 is 4.16. The Bertz CT molecular complexity index is 293. The molecule has 3 aliphatic rings. The van der Waals surface area contributed by atoms with Gasteiger partial charge in [-0.25, -0.2) is 0 Å². The van der Waals surface area contributed by atoms with E-state index in [9.17, 15) is 0 Å². The lowest BCUT2D eigenvalue weighted by atomic mass is 9.84. The Kier molecular flexibility index (Phi) is 5.63. The van der Waals surface area contributed by atoms with E-state index in [0.29, 0.717) is 6.04 Å². The van der Waals surface area contributed by atoms with Crippen molar-refractivity contribution >= 4 is 23.5 Å². The first-order valence-electron chi connectivity index (χ1n) is 8.30. The summed E-state index contributed by atoms with van der Waals surface area (Å²) in [5.74, 6) is 2.59. The van der Waals surface area contributed by atoms with E-state index in [1.54, 1.807) is 0 Å². The Morgan fingerprint density at radius 2 is 1.80 bits per heavy atom. The number of nitrogens with one attached hydrogen (secondary N) is 1. The Hall–Kier alpha value is 0.620. The standard InChI is InChI=1S/C16H29NOS2/c1-19-15-4-2-13(3-5-15)17-14-6-9-18-16(12-14)7-10-20-11-8-16/h13-15,17H,2-12H2,1H3. The number of rotatable bonds is 3. The van der Waals surface area contributed by atoms with Gasteiger partial charge in [-0.3, -0.25) is 0 Å².